The SMILES string of the molecule is CC1(C)C2CN(C(=O)c3cc(C4CC4)c(OCC45CC6CC(CC(C6)C4)C5)cc3F)[C@H](C(=O)O)[C@H]21. The number of nitrogens with zero attached hydrogens (tertiary/aromatic N) is 1. The van der Waals surface area contributed by atoms with E-state index >= 15 is 4.39 Å². The Morgan fingerprint density at radius 1 is 1.09 bits per heavy atom. The lowest BCUT2D eigenvalue weighted by molar-refractivity contribution is -0.142. The second kappa shape index (κ2) is 7.23. The van der Waals surface area contributed by atoms with Crippen LogP contribution in [0.3, 0.4) is 0 Å². The number of piperidine rings is 1. The van der Waals surface area contributed by atoms with Gasteiger partial charge in [-0.25, -0.2) is 9.18 Å². The Labute approximate surface area is 206 Å². The van der Waals surface area contributed by atoms with Crippen molar-refractivity contribution in [2.24, 2.45) is 40.4 Å². The summed E-state index contributed by atoms with van der Waals surface area (Å²) in [5.74, 6) is 1.44. The Morgan fingerprint density at radius 2 is 1.71 bits per heavy atom. The van der Waals surface area contributed by atoms with Gasteiger partial charge in [-0.15, -0.1) is 0 Å². The normalized spacial score (nSPS) is 40.0. The number of carbonyl (C=O) groups excluding carboxylic acids is 1. The molecule has 8 rings (SSSR count). The van der Waals surface area contributed by atoms with Crippen molar-refractivity contribution in [2.75, 3.05) is 13.2 Å². The van der Waals surface area contributed by atoms with E-state index in [-0.39, 0.29) is 28.2 Å². The van der Waals surface area contributed by atoms with Crippen LogP contribution in [0.1, 0.15) is 87.1 Å². The molecule has 35 heavy (non-hydrogen) atoms. The summed E-state index contributed by atoms with van der Waals surface area (Å²) in [6.07, 6.45) is 9.89. The predicted octanol–water partition coefficient (Wildman–Crippen LogP) is 5.48. The number of hydrogen-bond donors (Lipinski definition) is 1. The van der Waals surface area contributed by atoms with E-state index in [2.05, 4.69) is 13.8 Å². The molecule has 5 nitrogen and oxygen atoms in total. The van der Waals surface area contributed by atoms with E-state index in [1.165, 1.54) is 49.5 Å². The first kappa shape index (κ1) is 22.1. The van der Waals surface area contributed by atoms with Crippen molar-refractivity contribution in [1.29, 1.82) is 0 Å². The molecule has 6 heteroatoms. The number of benzene rings is 1. The van der Waals surface area contributed by atoms with Gasteiger partial charge < -0.3 is 14.7 Å². The zero-order chi connectivity index (χ0) is 24.3. The Kier molecular flexibility index (Phi) is 4.57. The molecule has 1 aromatic carbocycles. The van der Waals surface area contributed by atoms with Gasteiger partial charge in [0.2, 0.25) is 0 Å². The maximum absolute atomic E-state index is 15.4. The Hall–Kier alpha value is -2.11. The van der Waals surface area contributed by atoms with E-state index in [9.17, 15) is 14.7 Å². The minimum atomic E-state index is -0.991. The van der Waals surface area contributed by atoms with Crippen molar-refractivity contribution in [2.45, 2.75) is 77.2 Å². The van der Waals surface area contributed by atoms with Crippen LogP contribution >= 0.6 is 0 Å². The first-order valence-electron chi connectivity index (χ1n) is 13.7. The van der Waals surface area contributed by atoms with Gasteiger partial charge in [-0.05, 0) is 98.0 Å². The number of likely N-dealkylation sites (tertiary alicyclic amines) is 1. The van der Waals surface area contributed by atoms with Gasteiger partial charge >= 0.3 is 5.97 Å². The molecule has 1 aliphatic heterocycles. The van der Waals surface area contributed by atoms with Crippen molar-refractivity contribution in [3.05, 3.63) is 29.1 Å². The van der Waals surface area contributed by atoms with Crippen LogP contribution in [-0.4, -0.2) is 41.1 Å². The Bertz CT molecular complexity index is 1070. The average Bonchev–Trinajstić information content (AvgIpc) is 3.65. The molecule has 1 heterocycles. The van der Waals surface area contributed by atoms with Gasteiger partial charge in [0.05, 0.1) is 12.2 Å². The molecule has 7 aliphatic rings. The number of amides is 1. The largest absolute Gasteiger partial charge is 0.493 e. The van der Waals surface area contributed by atoms with Crippen molar-refractivity contribution < 1.29 is 23.8 Å². The van der Waals surface area contributed by atoms with Gasteiger partial charge in [0.25, 0.3) is 5.91 Å². The van der Waals surface area contributed by atoms with E-state index in [1.807, 2.05) is 0 Å². The summed E-state index contributed by atoms with van der Waals surface area (Å²) in [5, 5.41) is 9.85. The van der Waals surface area contributed by atoms with Gasteiger partial charge in [-0.2, -0.15) is 0 Å². The number of rotatable bonds is 6. The van der Waals surface area contributed by atoms with Crippen LogP contribution in [0.2, 0.25) is 0 Å². The van der Waals surface area contributed by atoms with E-state index in [0.29, 0.717) is 24.8 Å². The second-order valence-corrected chi connectivity index (χ2v) is 13.5. The summed E-state index contributed by atoms with van der Waals surface area (Å²) in [4.78, 5) is 26.9. The van der Waals surface area contributed by atoms with E-state index in [4.69, 9.17) is 4.74 Å². The quantitative estimate of drug-likeness (QED) is 0.584. The molecule has 1 aromatic rings. The minimum Gasteiger partial charge on any atom is -0.493 e. The third kappa shape index (κ3) is 3.37. The average molecular weight is 482 g/mol. The number of halogens is 1. The number of aliphatic carboxylic acids is 1. The van der Waals surface area contributed by atoms with Crippen LogP contribution in [0, 0.1) is 46.2 Å². The minimum absolute atomic E-state index is 0.000546. The Morgan fingerprint density at radius 3 is 2.29 bits per heavy atom. The predicted molar refractivity (Wildman–Crippen MR) is 128 cm³/mol. The van der Waals surface area contributed by atoms with Crippen molar-refractivity contribution in [3.8, 4) is 5.75 Å². The molecule has 3 atom stereocenters. The highest BCUT2D eigenvalue weighted by molar-refractivity contribution is 5.98. The smallest absolute Gasteiger partial charge is 0.326 e. The molecule has 0 aromatic heterocycles. The molecule has 7 fully saturated rings. The molecule has 188 valence electrons. The molecular weight excluding hydrogens is 445 g/mol. The maximum Gasteiger partial charge on any atom is 0.326 e. The number of carboxylic acids is 1. The highest BCUT2D eigenvalue weighted by atomic mass is 19.1. The van der Waals surface area contributed by atoms with E-state index < -0.39 is 23.7 Å². The van der Waals surface area contributed by atoms with Gasteiger partial charge in [0, 0.05) is 23.9 Å². The van der Waals surface area contributed by atoms with Crippen LogP contribution in [0.4, 0.5) is 4.39 Å². The molecule has 0 spiro atoms. The highest BCUT2D eigenvalue weighted by Gasteiger charge is 2.69. The summed E-state index contributed by atoms with van der Waals surface area (Å²) >= 11 is 0. The number of hydrogen-bond acceptors (Lipinski definition) is 3. The third-order valence-corrected chi connectivity index (χ3v) is 10.8. The molecule has 1 unspecified atom stereocenters. The fourth-order valence-electron chi connectivity index (χ4n) is 9.20. The van der Waals surface area contributed by atoms with Crippen molar-refractivity contribution in [1.82, 2.24) is 4.90 Å². The topological polar surface area (TPSA) is 66.8 Å². The van der Waals surface area contributed by atoms with Crippen LogP contribution in [0.25, 0.3) is 0 Å². The van der Waals surface area contributed by atoms with Crippen LogP contribution in [0.5, 0.6) is 5.75 Å². The lowest BCUT2D eigenvalue weighted by Gasteiger charge is -2.56. The molecule has 0 radical (unpaired) electrons. The molecule has 6 saturated carbocycles. The number of ether oxygens (including phenoxy) is 1. The summed E-state index contributed by atoms with van der Waals surface area (Å²) in [5.41, 5.74) is 1.08. The summed E-state index contributed by atoms with van der Waals surface area (Å²) in [7, 11) is 0. The number of carboxylic acid groups (broad SMARTS) is 1. The fourth-order valence-corrected chi connectivity index (χ4v) is 9.20. The lowest BCUT2D eigenvalue weighted by Crippen LogP contribution is -2.48. The first-order valence-corrected chi connectivity index (χ1v) is 13.7. The van der Waals surface area contributed by atoms with Crippen molar-refractivity contribution >= 4 is 11.9 Å². The third-order valence-electron chi connectivity index (χ3n) is 10.8. The summed E-state index contributed by atoms with van der Waals surface area (Å²) in [6.45, 7) is 5.15. The maximum atomic E-state index is 15.4. The molecule has 1 saturated heterocycles. The summed E-state index contributed by atoms with van der Waals surface area (Å²) < 4.78 is 21.8. The second-order valence-electron chi connectivity index (χ2n) is 13.5. The van der Waals surface area contributed by atoms with Crippen LogP contribution in [-0.2, 0) is 4.79 Å². The lowest BCUT2D eigenvalue weighted by atomic mass is 9.50. The standard InChI is InChI=1S/C29H36FNO4/c1-28(2)21-13-31(25(24(21)28)27(33)34)26(32)20-8-19(18-3-4-18)23(9-22(20)30)35-14-29-10-15-5-16(11-29)7-17(6-15)12-29/h8-9,15-18,21,24-25H,3-7,10-14H2,1-2H3,(H,33,34)/t15?,16?,17?,21?,24-,25-,29?/m0/s1. The zero-order valence-electron chi connectivity index (χ0n) is 20.8. The van der Waals surface area contributed by atoms with Gasteiger partial charge in [-0.1, -0.05) is 13.8 Å². The number of carbonyl (C=O) groups is 2. The van der Waals surface area contributed by atoms with Gasteiger partial charge in [0.1, 0.15) is 17.6 Å². The number of fused-ring (bicyclic) bond motifs is 1. The summed E-state index contributed by atoms with van der Waals surface area (Å²) in [6, 6.07) is 2.22. The fraction of sp³-hybridized carbons (Fsp3) is 0.724. The van der Waals surface area contributed by atoms with Gasteiger partial charge in [0.15, 0.2) is 0 Å². The molecule has 6 aliphatic carbocycles. The molecule has 1 N–H and O–H groups in total. The van der Waals surface area contributed by atoms with Crippen LogP contribution < -0.4 is 4.74 Å². The monoisotopic (exact) mass is 481 g/mol. The van der Waals surface area contributed by atoms with E-state index in [0.717, 1.165) is 36.2 Å². The van der Waals surface area contributed by atoms with E-state index in [1.54, 1.807) is 6.07 Å². The molecular formula is C29H36FNO4. The Balaban J connectivity index is 1.14. The highest BCUT2D eigenvalue weighted by Crippen LogP contribution is 2.65. The van der Waals surface area contributed by atoms with Crippen LogP contribution in [0.15, 0.2) is 12.1 Å². The molecule has 4 bridgehead atoms. The van der Waals surface area contributed by atoms with Gasteiger partial charge in [-0.3, -0.25) is 4.79 Å². The zero-order valence-corrected chi connectivity index (χ0v) is 20.8. The first-order chi connectivity index (χ1) is 16.6. The molecule has 1 amide bonds. The van der Waals surface area contributed by atoms with Crippen molar-refractivity contribution in [3.63, 3.8) is 0 Å².